The molecule has 2 aromatic heterocycles. The molecule has 1 aliphatic heterocycles. The fourth-order valence-corrected chi connectivity index (χ4v) is 5.92. The predicted octanol–water partition coefficient (Wildman–Crippen LogP) is 6.78. The van der Waals surface area contributed by atoms with Crippen LogP contribution in [0.3, 0.4) is 0 Å². The number of hydrogen-bond acceptors (Lipinski definition) is 6. The molecular formula is C32H29N3O4S. The van der Waals surface area contributed by atoms with Crippen molar-refractivity contribution in [2.24, 2.45) is 0 Å². The molecule has 8 heteroatoms. The number of carbonyl (C=O) groups is 3. The SMILES string of the molecule is COC(=O)c1ccc(C2=C(C)c3ccccc3N(C(=O)c3ccc(NC(=O)c4cc(C)cnc4C)cc3)CC2)s1. The van der Waals surface area contributed by atoms with Gasteiger partial charge in [0.1, 0.15) is 4.88 Å². The number of fused-ring (bicyclic) bond motifs is 1. The molecule has 5 rings (SSSR count). The van der Waals surface area contributed by atoms with E-state index >= 15 is 0 Å². The van der Waals surface area contributed by atoms with E-state index in [1.807, 2.05) is 43.3 Å². The fourth-order valence-electron chi connectivity index (χ4n) is 4.87. The second-order valence-electron chi connectivity index (χ2n) is 9.66. The van der Waals surface area contributed by atoms with Crippen LogP contribution >= 0.6 is 11.3 Å². The van der Waals surface area contributed by atoms with Gasteiger partial charge < -0.3 is 15.0 Å². The van der Waals surface area contributed by atoms with E-state index in [4.69, 9.17) is 4.74 Å². The van der Waals surface area contributed by atoms with Gasteiger partial charge in [0, 0.05) is 40.1 Å². The van der Waals surface area contributed by atoms with Gasteiger partial charge in [-0.1, -0.05) is 18.2 Å². The molecule has 2 amide bonds. The van der Waals surface area contributed by atoms with E-state index in [2.05, 4.69) is 17.2 Å². The number of hydrogen-bond donors (Lipinski definition) is 1. The zero-order valence-electron chi connectivity index (χ0n) is 22.8. The lowest BCUT2D eigenvalue weighted by molar-refractivity contribution is 0.0606. The highest BCUT2D eigenvalue weighted by Crippen LogP contribution is 2.40. The summed E-state index contributed by atoms with van der Waals surface area (Å²) in [6, 6.07) is 20.3. The summed E-state index contributed by atoms with van der Waals surface area (Å²) in [4.78, 5) is 46.2. The van der Waals surface area contributed by atoms with Crippen LogP contribution in [-0.2, 0) is 4.74 Å². The first kappa shape index (κ1) is 27.0. The van der Waals surface area contributed by atoms with Crippen molar-refractivity contribution >= 4 is 51.6 Å². The molecular weight excluding hydrogens is 522 g/mol. The van der Waals surface area contributed by atoms with Crippen molar-refractivity contribution in [1.82, 2.24) is 4.98 Å². The van der Waals surface area contributed by atoms with Crippen LogP contribution in [0.25, 0.3) is 11.1 Å². The van der Waals surface area contributed by atoms with Crippen LogP contribution in [0.1, 0.15) is 65.4 Å². The lowest BCUT2D eigenvalue weighted by atomic mass is 9.98. The van der Waals surface area contributed by atoms with Gasteiger partial charge in [-0.2, -0.15) is 0 Å². The molecule has 0 spiro atoms. The Morgan fingerprint density at radius 3 is 2.48 bits per heavy atom. The molecule has 0 aliphatic carbocycles. The van der Waals surface area contributed by atoms with E-state index < -0.39 is 0 Å². The molecule has 0 bridgehead atoms. The molecule has 0 fully saturated rings. The smallest absolute Gasteiger partial charge is 0.348 e. The second kappa shape index (κ2) is 11.3. The molecule has 0 atom stereocenters. The van der Waals surface area contributed by atoms with E-state index in [-0.39, 0.29) is 17.8 Å². The van der Waals surface area contributed by atoms with Crippen molar-refractivity contribution in [1.29, 1.82) is 0 Å². The summed E-state index contributed by atoms with van der Waals surface area (Å²) in [6.07, 6.45) is 2.36. The maximum Gasteiger partial charge on any atom is 0.348 e. The minimum atomic E-state index is -0.356. The number of amides is 2. The first-order valence-corrected chi connectivity index (χ1v) is 13.7. The normalized spacial score (nSPS) is 12.9. The van der Waals surface area contributed by atoms with E-state index in [1.54, 1.807) is 48.4 Å². The molecule has 1 N–H and O–H groups in total. The maximum atomic E-state index is 13.8. The number of aromatic nitrogens is 1. The van der Waals surface area contributed by atoms with Crippen molar-refractivity contribution in [2.75, 3.05) is 23.9 Å². The molecule has 0 saturated carbocycles. The number of nitrogens with zero attached hydrogens (tertiary/aromatic N) is 2. The largest absolute Gasteiger partial charge is 0.465 e. The van der Waals surface area contributed by atoms with Gasteiger partial charge >= 0.3 is 5.97 Å². The number of allylic oxidation sites excluding steroid dienone is 1. The first-order valence-electron chi connectivity index (χ1n) is 12.9. The van der Waals surface area contributed by atoms with Gasteiger partial charge in [-0.15, -0.1) is 11.3 Å². The van der Waals surface area contributed by atoms with Gasteiger partial charge in [0.05, 0.1) is 18.4 Å². The summed E-state index contributed by atoms with van der Waals surface area (Å²) in [5, 5.41) is 2.90. The van der Waals surface area contributed by atoms with Crippen molar-refractivity contribution < 1.29 is 19.1 Å². The van der Waals surface area contributed by atoms with Gasteiger partial charge in [0.2, 0.25) is 0 Å². The van der Waals surface area contributed by atoms with Crippen molar-refractivity contribution in [2.45, 2.75) is 27.2 Å². The van der Waals surface area contributed by atoms with E-state index in [0.29, 0.717) is 40.4 Å². The second-order valence-corrected chi connectivity index (χ2v) is 10.7. The number of para-hydroxylation sites is 1. The fraction of sp³-hybridized carbons (Fsp3) is 0.188. The van der Waals surface area contributed by atoms with Crippen LogP contribution in [0.4, 0.5) is 11.4 Å². The Labute approximate surface area is 237 Å². The lowest BCUT2D eigenvalue weighted by Crippen LogP contribution is -2.32. The molecule has 4 aromatic rings. The Kier molecular flexibility index (Phi) is 7.62. The topological polar surface area (TPSA) is 88.6 Å². The summed E-state index contributed by atoms with van der Waals surface area (Å²) in [5.41, 5.74) is 7.18. The van der Waals surface area contributed by atoms with E-state index in [1.165, 1.54) is 18.4 Å². The van der Waals surface area contributed by atoms with Gasteiger partial charge in [-0.05, 0) is 92.4 Å². The Balaban J connectivity index is 1.38. The van der Waals surface area contributed by atoms with Gasteiger partial charge in [0.15, 0.2) is 0 Å². The third-order valence-electron chi connectivity index (χ3n) is 7.03. The van der Waals surface area contributed by atoms with Crippen LogP contribution in [0.2, 0.25) is 0 Å². The number of benzene rings is 2. The Bertz CT molecular complexity index is 1650. The van der Waals surface area contributed by atoms with Crippen molar-refractivity contribution in [3.63, 3.8) is 0 Å². The van der Waals surface area contributed by atoms with Gasteiger partial charge in [-0.3, -0.25) is 14.6 Å². The Morgan fingerprint density at radius 1 is 0.975 bits per heavy atom. The zero-order chi connectivity index (χ0) is 28.4. The highest BCUT2D eigenvalue weighted by molar-refractivity contribution is 7.15. The lowest BCUT2D eigenvalue weighted by Gasteiger charge is -2.23. The monoisotopic (exact) mass is 551 g/mol. The summed E-state index contributed by atoms with van der Waals surface area (Å²) in [6.45, 7) is 6.23. The van der Waals surface area contributed by atoms with Crippen molar-refractivity contribution in [3.05, 3.63) is 111 Å². The summed E-state index contributed by atoms with van der Waals surface area (Å²) in [7, 11) is 1.38. The van der Waals surface area contributed by atoms with Crippen LogP contribution < -0.4 is 10.2 Å². The number of anilines is 2. The highest BCUT2D eigenvalue weighted by Gasteiger charge is 2.26. The number of ether oxygens (including phenoxy) is 1. The highest BCUT2D eigenvalue weighted by atomic mass is 32.1. The molecule has 0 unspecified atom stereocenters. The third kappa shape index (κ3) is 5.31. The predicted molar refractivity (Wildman–Crippen MR) is 159 cm³/mol. The van der Waals surface area contributed by atoms with Gasteiger partial charge in [-0.25, -0.2) is 4.79 Å². The zero-order valence-corrected chi connectivity index (χ0v) is 23.6. The molecule has 40 heavy (non-hydrogen) atoms. The molecule has 2 aromatic carbocycles. The first-order chi connectivity index (χ1) is 19.3. The molecule has 0 radical (unpaired) electrons. The molecule has 1 aliphatic rings. The number of rotatable bonds is 5. The number of methoxy groups -OCH3 is 1. The standard InChI is InChI=1S/C32H29N3O4S/c1-19-17-26(21(3)33-18-19)30(36)34-23-11-9-22(10-12-23)31(37)35-16-15-25(20(2)24-7-5-6-8-27(24)35)28-13-14-29(40-28)32(38)39-4/h5-14,17-18H,15-16H2,1-4H3,(H,34,36). The number of aryl methyl sites for hydroxylation is 2. The number of nitrogens with one attached hydrogen (secondary N) is 1. The summed E-state index contributed by atoms with van der Waals surface area (Å²) >= 11 is 1.40. The van der Waals surface area contributed by atoms with Crippen LogP contribution in [0.15, 0.2) is 72.9 Å². The molecule has 202 valence electrons. The average molecular weight is 552 g/mol. The minimum Gasteiger partial charge on any atom is -0.465 e. The molecule has 7 nitrogen and oxygen atoms in total. The number of pyridine rings is 1. The van der Waals surface area contributed by atoms with Gasteiger partial charge in [0.25, 0.3) is 11.8 Å². The number of thiophene rings is 1. The quantitative estimate of drug-likeness (QED) is 0.276. The minimum absolute atomic E-state index is 0.125. The van der Waals surface area contributed by atoms with E-state index in [9.17, 15) is 14.4 Å². The third-order valence-corrected chi connectivity index (χ3v) is 8.16. The van der Waals surface area contributed by atoms with E-state index in [0.717, 1.165) is 32.8 Å². The Hall–Kier alpha value is -4.56. The van der Waals surface area contributed by atoms with Crippen LogP contribution in [0, 0.1) is 13.8 Å². The summed E-state index contributed by atoms with van der Waals surface area (Å²) < 4.78 is 4.88. The van der Waals surface area contributed by atoms with Crippen LogP contribution in [-0.4, -0.2) is 36.4 Å². The molecule has 0 saturated heterocycles. The number of esters is 1. The maximum absolute atomic E-state index is 13.8. The average Bonchev–Trinajstić information content (AvgIpc) is 3.40. The molecule has 3 heterocycles. The number of carbonyl (C=O) groups excluding carboxylic acids is 3. The Morgan fingerprint density at radius 2 is 1.73 bits per heavy atom. The van der Waals surface area contributed by atoms with Crippen molar-refractivity contribution in [3.8, 4) is 0 Å². The van der Waals surface area contributed by atoms with Crippen LogP contribution in [0.5, 0.6) is 0 Å². The summed E-state index contributed by atoms with van der Waals surface area (Å²) in [5.74, 6) is -0.725.